The molecule has 32 heavy (non-hydrogen) atoms. The largest absolute Gasteiger partial charge is 0.495 e. The van der Waals surface area contributed by atoms with E-state index in [1.807, 2.05) is 31.7 Å². The van der Waals surface area contributed by atoms with Crippen LogP contribution < -0.4 is 20.3 Å². The lowest BCUT2D eigenvalue weighted by atomic mass is 10.1. The molecule has 1 aromatic heterocycles. The molecule has 1 aliphatic heterocycles. The molecule has 8 heteroatoms. The van der Waals surface area contributed by atoms with Crippen LogP contribution in [0, 0.1) is 0 Å². The van der Waals surface area contributed by atoms with E-state index in [2.05, 4.69) is 66.5 Å². The fourth-order valence-corrected chi connectivity index (χ4v) is 3.99. The number of benzene rings is 2. The van der Waals surface area contributed by atoms with Gasteiger partial charge in [-0.25, -0.2) is 4.98 Å². The Balaban J connectivity index is 0.00000289. The van der Waals surface area contributed by atoms with E-state index in [1.54, 1.807) is 13.3 Å². The van der Waals surface area contributed by atoms with Crippen LogP contribution in [-0.4, -0.2) is 48.8 Å². The van der Waals surface area contributed by atoms with E-state index in [0.717, 1.165) is 50.0 Å². The van der Waals surface area contributed by atoms with Crippen molar-refractivity contribution in [3.8, 4) is 5.75 Å². The number of hydrogen-bond donors (Lipinski definition) is 2. The van der Waals surface area contributed by atoms with Crippen LogP contribution in [0.2, 0.25) is 0 Å². The molecule has 1 saturated heterocycles. The van der Waals surface area contributed by atoms with Crippen LogP contribution in [0.25, 0.3) is 0 Å². The van der Waals surface area contributed by atoms with Gasteiger partial charge in [-0.1, -0.05) is 36.4 Å². The number of halogens is 1. The summed E-state index contributed by atoms with van der Waals surface area (Å²) < 4.78 is 7.59. The lowest BCUT2D eigenvalue weighted by Gasteiger charge is -2.22. The summed E-state index contributed by atoms with van der Waals surface area (Å²) >= 11 is 0. The van der Waals surface area contributed by atoms with E-state index in [0.29, 0.717) is 6.04 Å². The number of para-hydroxylation sites is 2. The highest BCUT2D eigenvalue weighted by atomic mass is 127. The van der Waals surface area contributed by atoms with Crippen LogP contribution >= 0.6 is 24.0 Å². The summed E-state index contributed by atoms with van der Waals surface area (Å²) in [6.07, 6.45) is 6.68. The molecular weight excluding hydrogens is 515 g/mol. The van der Waals surface area contributed by atoms with Crippen LogP contribution in [0.3, 0.4) is 0 Å². The molecule has 1 atom stereocenters. The van der Waals surface area contributed by atoms with Gasteiger partial charge in [0.25, 0.3) is 0 Å². The molecule has 0 spiro atoms. The Bertz CT molecular complexity index is 1010. The second-order valence-corrected chi connectivity index (χ2v) is 7.73. The van der Waals surface area contributed by atoms with Crippen molar-refractivity contribution in [1.82, 2.24) is 20.2 Å². The molecule has 2 heterocycles. The van der Waals surface area contributed by atoms with Crippen molar-refractivity contribution in [3.63, 3.8) is 0 Å². The van der Waals surface area contributed by atoms with Gasteiger partial charge in [-0.3, -0.25) is 4.99 Å². The molecule has 0 bridgehead atoms. The van der Waals surface area contributed by atoms with Crippen molar-refractivity contribution < 1.29 is 4.74 Å². The monoisotopic (exact) mass is 546 g/mol. The van der Waals surface area contributed by atoms with Gasteiger partial charge in [0.05, 0.1) is 19.1 Å². The lowest BCUT2D eigenvalue weighted by Crippen LogP contribution is -2.44. The summed E-state index contributed by atoms with van der Waals surface area (Å²) in [6.45, 7) is 3.45. The van der Waals surface area contributed by atoms with Crippen LogP contribution in [0.4, 0.5) is 5.69 Å². The van der Waals surface area contributed by atoms with E-state index in [1.165, 1.54) is 11.1 Å². The fraction of sp³-hybridized carbons (Fsp3) is 0.333. The summed E-state index contributed by atoms with van der Waals surface area (Å²) in [7, 11) is 3.54. The molecular formula is C24H31IN6O. The Morgan fingerprint density at radius 3 is 2.81 bits per heavy atom. The van der Waals surface area contributed by atoms with Gasteiger partial charge in [0.15, 0.2) is 5.96 Å². The van der Waals surface area contributed by atoms with Gasteiger partial charge in [0, 0.05) is 51.7 Å². The summed E-state index contributed by atoms with van der Waals surface area (Å²) in [6, 6.07) is 17.1. The number of methoxy groups -OCH3 is 1. The predicted octanol–water partition coefficient (Wildman–Crippen LogP) is 3.50. The number of aromatic nitrogens is 2. The minimum atomic E-state index is 0. The third-order valence-corrected chi connectivity index (χ3v) is 5.55. The molecule has 2 N–H and O–H groups in total. The molecule has 0 amide bonds. The Kier molecular flexibility index (Phi) is 8.78. The average molecular weight is 546 g/mol. The highest BCUT2D eigenvalue weighted by Gasteiger charge is 2.25. The van der Waals surface area contributed by atoms with Crippen LogP contribution in [0.15, 0.2) is 72.2 Å². The Hall–Kier alpha value is -2.75. The first kappa shape index (κ1) is 23.9. The Labute approximate surface area is 206 Å². The van der Waals surface area contributed by atoms with Gasteiger partial charge in [-0.2, -0.15) is 0 Å². The number of nitrogens with zero attached hydrogens (tertiary/aromatic N) is 4. The third kappa shape index (κ3) is 6.15. The van der Waals surface area contributed by atoms with E-state index in [-0.39, 0.29) is 24.0 Å². The van der Waals surface area contributed by atoms with Crippen molar-refractivity contribution >= 4 is 35.6 Å². The number of aliphatic imine (C=N–C) groups is 1. The molecule has 0 radical (unpaired) electrons. The minimum Gasteiger partial charge on any atom is -0.495 e. The number of nitrogens with one attached hydrogen (secondary N) is 2. The molecule has 170 valence electrons. The first-order chi connectivity index (χ1) is 15.2. The van der Waals surface area contributed by atoms with Gasteiger partial charge in [0.2, 0.25) is 0 Å². The number of rotatable bonds is 7. The summed E-state index contributed by atoms with van der Waals surface area (Å²) in [5.41, 5.74) is 3.62. The third-order valence-electron chi connectivity index (χ3n) is 5.55. The van der Waals surface area contributed by atoms with Gasteiger partial charge in [-0.15, -0.1) is 24.0 Å². The lowest BCUT2D eigenvalue weighted by molar-refractivity contribution is 0.415. The summed E-state index contributed by atoms with van der Waals surface area (Å²) in [5, 5.41) is 7.02. The second kappa shape index (κ2) is 11.8. The Morgan fingerprint density at radius 1 is 1.19 bits per heavy atom. The zero-order valence-electron chi connectivity index (χ0n) is 18.6. The summed E-state index contributed by atoms with van der Waals surface area (Å²) in [5.74, 6) is 1.74. The molecule has 1 aliphatic rings. The minimum absolute atomic E-state index is 0. The van der Waals surface area contributed by atoms with E-state index in [4.69, 9.17) is 4.74 Å². The van der Waals surface area contributed by atoms with Gasteiger partial charge in [0.1, 0.15) is 5.75 Å². The number of imidazole rings is 1. The Morgan fingerprint density at radius 2 is 2.03 bits per heavy atom. The quantitative estimate of drug-likeness (QED) is 0.270. The first-order valence-electron chi connectivity index (χ1n) is 10.6. The van der Waals surface area contributed by atoms with Gasteiger partial charge >= 0.3 is 0 Å². The molecule has 3 aromatic rings. The van der Waals surface area contributed by atoms with E-state index < -0.39 is 0 Å². The predicted molar refractivity (Wildman–Crippen MR) is 140 cm³/mol. The second-order valence-electron chi connectivity index (χ2n) is 7.73. The van der Waals surface area contributed by atoms with Crippen LogP contribution in [0.5, 0.6) is 5.75 Å². The molecule has 1 unspecified atom stereocenters. The van der Waals surface area contributed by atoms with Crippen molar-refractivity contribution in [3.05, 3.63) is 78.4 Å². The molecule has 7 nitrogen and oxygen atoms in total. The van der Waals surface area contributed by atoms with Crippen molar-refractivity contribution in [1.29, 1.82) is 0 Å². The number of anilines is 1. The zero-order chi connectivity index (χ0) is 21.5. The van der Waals surface area contributed by atoms with Crippen LogP contribution in [-0.2, 0) is 13.1 Å². The van der Waals surface area contributed by atoms with Gasteiger partial charge in [-0.05, 0) is 29.7 Å². The number of guanidine groups is 1. The fourth-order valence-electron chi connectivity index (χ4n) is 3.99. The SMILES string of the molecule is CN=C(NCc1cccc(Cn2ccnc2)c1)NC1CCN(c2ccccc2OC)C1.I. The normalized spacial score (nSPS) is 15.9. The highest BCUT2D eigenvalue weighted by Crippen LogP contribution is 2.30. The van der Waals surface area contributed by atoms with Crippen molar-refractivity contribution in [2.75, 3.05) is 32.1 Å². The topological polar surface area (TPSA) is 66.7 Å². The maximum Gasteiger partial charge on any atom is 0.191 e. The summed E-state index contributed by atoms with van der Waals surface area (Å²) in [4.78, 5) is 10.9. The molecule has 4 rings (SSSR count). The van der Waals surface area contributed by atoms with Crippen molar-refractivity contribution in [2.24, 2.45) is 4.99 Å². The standard InChI is InChI=1S/C24H30N6O.HI/c1-25-24(27-15-19-6-5-7-20(14-19)16-29-13-11-26-18-29)28-21-10-12-30(17-21)22-8-3-4-9-23(22)31-2;/h3-9,11,13-14,18,21H,10,12,15-17H2,1-2H3,(H2,25,27,28);1H. The van der Waals surface area contributed by atoms with Crippen molar-refractivity contribution in [2.45, 2.75) is 25.6 Å². The molecule has 2 aromatic carbocycles. The molecule has 0 aliphatic carbocycles. The molecule has 0 saturated carbocycles. The maximum atomic E-state index is 5.52. The number of hydrogen-bond acceptors (Lipinski definition) is 4. The van der Waals surface area contributed by atoms with E-state index >= 15 is 0 Å². The average Bonchev–Trinajstić information content (AvgIpc) is 3.49. The molecule has 1 fully saturated rings. The van der Waals surface area contributed by atoms with Crippen LogP contribution in [0.1, 0.15) is 17.5 Å². The zero-order valence-corrected chi connectivity index (χ0v) is 20.9. The smallest absolute Gasteiger partial charge is 0.191 e. The number of ether oxygens (including phenoxy) is 1. The maximum absolute atomic E-state index is 5.52. The van der Waals surface area contributed by atoms with Gasteiger partial charge < -0.3 is 24.8 Å². The first-order valence-corrected chi connectivity index (χ1v) is 10.6. The van der Waals surface area contributed by atoms with E-state index in [9.17, 15) is 0 Å². The highest BCUT2D eigenvalue weighted by molar-refractivity contribution is 14.0.